The Morgan fingerprint density at radius 2 is 1.93 bits per heavy atom. The van der Waals surface area contributed by atoms with Crippen molar-refractivity contribution in [3.63, 3.8) is 0 Å². The third-order valence-electron chi connectivity index (χ3n) is 6.85. The maximum Gasteiger partial charge on any atom is 0.118 e. The summed E-state index contributed by atoms with van der Waals surface area (Å²) in [4.78, 5) is 2.60. The number of hydrogen-bond donors (Lipinski definition) is 0. The molecule has 1 aliphatic carbocycles. The Hall–Kier alpha value is -1.10. The molecule has 1 aromatic rings. The predicted molar refractivity (Wildman–Crippen MR) is 107 cm³/mol. The molecule has 0 amide bonds. The van der Waals surface area contributed by atoms with Crippen molar-refractivity contribution in [2.75, 3.05) is 40.0 Å². The lowest BCUT2D eigenvalue weighted by atomic mass is 9.73. The monoisotopic (exact) mass is 373 g/mol. The quantitative estimate of drug-likeness (QED) is 0.714. The van der Waals surface area contributed by atoms with Gasteiger partial charge >= 0.3 is 0 Å². The van der Waals surface area contributed by atoms with Gasteiger partial charge in [-0.2, -0.15) is 0 Å². The maximum atomic E-state index is 6.32. The average Bonchev–Trinajstić information content (AvgIpc) is 3.22. The molecule has 1 aromatic carbocycles. The molecule has 0 radical (unpaired) electrons. The van der Waals surface area contributed by atoms with Gasteiger partial charge in [-0.15, -0.1) is 0 Å². The smallest absolute Gasteiger partial charge is 0.118 e. The molecule has 2 atom stereocenters. The van der Waals surface area contributed by atoms with E-state index in [1.54, 1.807) is 7.11 Å². The van der Waals surface area contributed by atoms with E-state index in [2.05, 4.69) is 29.2 Å². The molecule has 1 saturated carbocycles. The van der Waals surface area contributed by atoms with Gasteiger partial charge in [0.2, 0.25) is 0 Å². The first-order chi connectivity index (χ1) is 13.3. The van der Waals surface area contributed by atoms with Crippen LogP contribution < -0.4 is 4.74 Å². The van der Waals surface area contributed by atoms with Gasteiger partial charge in [0.05, 0.1) is 19.8 Å². The van der Waals surface area contributed by atoms with E-state index in [0.717, 1.165) is 57.5 Å². The zero-order valence-corrected chi connectivity index (χ0v) is 16.8. The van der Waals surface area contributed by atoms with Crippen LogP contribution in [-0.4, -0.2) is 51.0 Å². The second-order valence-electron chi connectivity index (χ2n) is 8.84. The summed E-state index contributed by atoms with van der Waals surface area (Å²) >= 11 is 0. The lowest BCUT2D eigenvalue weighted by Gasteiger charge is -2.50. The van der Waals surface area contributed by atoms with E-state index in [1.807, 2.05) is 0 Å². The Balaban J connectivity index is 1.37. The van der Waals surface area contributed by atoms with Crippen LogP contribution in [0.1, 0.15) is 50.5 Å². The number of rotatable bonds is 7. The van der Waals surface area contributed by atoms with Gasteiger partial charge in [-0.25, -0.2) is 0 Å². The normalized spacial score (nSPS) is 29.6. The van der Waals surface area contributed by atoms with Crippen molar-refractivity contribution in [2.24, 2.45) is 11.3 Å². The second-order valence-corrected chi connectivity index (χ2v) is 8.84. The van der Waals surface area contributed by atoms with E-state index in [9.17, 15) is 0 Å². The van der Waals surface area contributed by atoms with Crippen LogP contribution in [0.2, 0.25) is 0 Å². The SMILES string of the molecule is COc1ccc(CN2CC[C@@H]3OCCC[C@@]3(COCC3CCCC3)C2)cc1. The Morgan fingerprint density at radius 3 is 2.70 bits per heavy atom. The highest BCUT2D eigenvalue weighted by molar-refractivity contribution is 5.27. The van der Waals surface area contributed by atoms with Crippen LogP contribution in [-0.2, 0) is 16.0 Å². The molecular formula is C23H35NO3. The molecule has 0 N–H and O–H groups in total. The van der Waals surface area contributed by atoms with Crippen LogP contribution in [0.5, 0.6) is 5.75 Å². The molecule has 4 rings (SSSR count). The number of ether oxygens (including phenoxy) is 3. The van der Waals surface area contributed by atoms with E-state index >= 15 is 0 Å². The summed E-state index contributed by atoms with van der Waals surface area (Å²) in [6.07, 6.45) is 9.40. The Morgan fingerprint density at radius 1 is 1.11 bits per heavy atom. The Kier molecular flexibility index (Phi) is 6.36. The largest absolute Gasteiger partial charge is 0.497 e. The molecule has 27 heavy (non-hydrogen) atoms. The second kappa shape index (κ2) is 8.93. The number of nitrogens with zero attached hydrogens (tertiary/aromatic N) is 1. The number of likely N-dealkylation sites (tertiary alicyclic amines) is 1. The predicted octanol–water partition coefficient (Wildman–Crippen LogP) is 4.27. The van der Waals surface area contributed by atoms with Crippen LogP contribution in [0.3, 0.4) is 0 Å². The topological polar surface area (TPSA) is 30.9 Å². The van der Waals surface area contributed by atoms with E-state index in [1.165, 1.54) is 44.1 Å². The summed E-state index contributed by atoms with van der Waals surface area (Å²) < 4.78 is 17.8. The molecule has 2 saturated heterocycles. The van der Waals surface area contributed by atoms with Crippen molar-refractivity contribution >= 4 is 0 Å². The summed E-state index contributed by atoms with van der Waals surface area (Å²) in [5, 5.41) is 0. The van der Waals surface area contributed by atoms with Gasteiger partial charge in [0.1, 0.15) is 5.75 Å². The highest BCUT2D eigenvalue weighted by Gasteiger charge is 2.46. The first-order valence-electron chi connectivity index (χ1n) is 10.8. The maximum absolute atomic E-state index is 6.32. The molecule has 3 fully saturated rings. The van der Waals surface area contributed by atoms with Gasteiger partial charge in [0.15, 0.2) is 0 Å². The minimum Gasteiger partial charge on any atom is -0.497 e. The van der Waals surface area contributed by atoms with Gasteiger partial charge in [-0.3, -0.25) is 4.90 Å². The van der Waals surface area contributed by atoms with Crippen LogP contribution >= 0.6 is 0 Å². The summed E-state index contributed by atoms with van der Waals surface area (Å²) in [7, 11) is 1.72. The van der Waals surface area contributed by atoms with Crippen molar-refractivity contribution in [1.29, 1.82) is 0 Å². The minimum atomic E-state index is 0.182. The Bertz CT molecular complexity index is 584. The van der Waals surface area contributed by atoms with Crippen molar-refractivity contribution in [2.45, 2.75) is 57.6 Å². The highest BCUT2D eigenvalue weighted by Crippen LogP contribution is 2.41. The standard InChI is InChI=1S/C23H35NO3/c1-25-21-9-7-19(8-10-21)15-24-13-11-22-23(17-24,12-4-14-27-22)18-26-16-20-5-2-3-6-20/h7-10,20,22H,2-6,11-18H2,1H3/t22-,23-/m0/s1. The fraction of sp³-hybridized carbons (Fsp3) is 0.739. The van der Waals surface area contributed by atoms with Gasteiger partial charge in [0.25, 0.3) is 0 Å². The lowest BCUT2D eigenvalue weighted by Crippen LogP contribution is -2.56. The number of piperidine rings is 1. The van der Waals surface area contributed by atoms with Crippen molar-refractivity contribution < 1.29 is 14.2 Å². The fourth-order valence-corrected chi connectivity index (χ4v) is 5.32. The summed E-state index contributed by atoms with van der Waals surface area (Å²) in [6, 6.07) is 8.50. The van der Waals surface area contributed by atoms with Crippen LogP contribution in [0.25, 0.3) is 0 Å². The number of benzene rings is 1. The van der Waals surface area contributed by atoms with Crippen LogP contribution in [0, 0.1) is 11.3 Å². The third-order valence-corrected chi connectivity index (χ3v) is 6.85. The molecule has 0 bridgehead atoms. The molecule has 0 aromatic heterocycles. The molecule has 4 heteroatoms. The Labute approximate surface area is 164 Å². The van der Waals surface area contributed by atoms with Crippen LogP contribution in [0.15, 0.2) is 24.3 Å². The van der Waals surface area contributed by atoms with E-state index < -0.39 is 0 Å². The number of hydrogen-bond acceptors (Lipinski definition) is 4. The summed E-state index contributed by atoms with van der Waals surface area (Å²) in [5.41, 5.74) is 1.54. The molecular weight excluding hydrogens is 338 g/mol. The molecule has 3 aliphatic rings. The van der Waals surface area contributed by atoms with Gasteiger partial charge < -0.3 is 14.2 Å². The first-order valence-corrected chi connectivity index (χ1v) is 10.8. The number of methoxy groups -OCH3 is 1. The van der Waals surface area contributed by atoms with Crippen molar-refractivity contribution in [1.82, 2.24) is 4.90 Å². The number of fused-ring (bicyclic) bond motifs is 1. The van der Waals surface area contributed by atoms with Gasteiger partial charge in [-0.1, -0.05) is 25.0 Å². The molecule has 2 aliphatic heterocycles. The lowest BCUT2D eigenvalue weighted by molar-refractivity contribution is -0.155. The first kappa shape index (κ1) is 19.2. The van der Waals surface area contributed by atoms with Crippen LogP contribution in [0.4, 0.5) is 0 Å². The average molecular weight is 374 g/mol. The van der Waals surface area contributed by atoms with E-state index in [-0.39, 0.29) is 5.41 Å². The van der Waals surface area contributed by atoms with Crippen molar-refractivity contribution in [3.05, 3.63) is 29.8 Å². The third kappa shape index (κ3) is 4.67. The zero-order chi connectivity index (χ0) is 18.5. The molecule has 0 unspecified atom stereocenters. The van der Waals surface area contributed by atoms with E-state index in [0.29, 0.717) is 6.10 Å². The molecule has 2 heterocycles. The van der Waals surface area contributed by atoms with Gasteiger partial charge in [0, 0.05) is 38.3 Å². The molecule has 150 valence electrons. The minimum absolute atomic E-state index is 0.182. The highest BCUT2D eigenvalue weighted by atomic mass is 16.5. The fourth-order valence-electron chi connectivity index (χ4n) is 5.32. The summed E-state index contributed by atoms with van der Waals surface area (Å²) in [5.74, 6) is 1.72. The zero-order valence-electron chi connectivity index (χ0n) is 16.8. The molecule has 0 spiro atoms. The summed E-state index contributed by atoms with van der Waals surface area (Å²) in [6.45, 7) is 5.95. The van der Waals surface area contributed by atoms with Crippen molar-refractivity contribution in [3.8, 4) is 5.75 Å². The molecule has 4 nitrogen and oxygen atoms in total. The van der Waals surface area contributed by atoms with Gasteiger partial charge in [-0.05, 0) is 55.7 Å². The van der Waals surface area contributed by atoms with E-state index in [4.69, 9.17) is 14.2 Å².